The van der Waals surface area contributed by atoms with Crippen LogP contribution in [0, 0.1) is 3.57 Å². The number of benzene rings is 8. The second-order valence-electron chi connectivity index (χ2n) is 14.6. The fourth-order valence-electron chi connectivity index (χ4n) is 6.66. The SMILES string of the molecule is COc1ccc2c(=O)c3ccccc3sc2c1.COc1cccc(S)c1.COc1cccc(Sc2ccccc2C(=O)O)c1.COc1cccc2sc3ccccc3c(=O)c12.O=C(O)c1ccccc1I. The van der Waals surface area contributed by atoms with E-state index < -0.39 is 11.9 Å². The van der Waals surface area contributed by atoms with Gasteiger partial charge in [0.05, 0.1) is 45.0 Å². The highest BCUT2D eigenvalue weighted by Crippen LogP contribution is 2.33. The molecule has 0 aliphatic heterocycles. The highest BCUT2D eigenvalue weighted by atomic mass is 127. The van der Waals surface area contributed by atoms with Crippen molar-refractivity contribution in [2.24, 2.45) is 0 Å². The van der Waals surface area contributed by atoms with Crippen molar-refractivity contribution in [3.63, 3.8) is 0 Å². The van der Waals surface area contributed by atoms with Gasteiger partial charge >= 0.3 is 11.9 Å². The van der Waals surface area contributed by atoms with Crippen LogP contribution in [0.3, 0.4) is 0 Å². The summed E-state index contributed by atoms with van der Waals surface area (Å²) in [5.74, 6) is 1.25. The van der Waals surface area contributed by atoms with Gasteiger partial charge in [0, 0.05) is 53.2 Å². The van der Waals surface area contributed by atoms with E-state index in [2.05, 4.69) is 12.6 Å². The number of hydrogen-bond donors (Lipinski definition) is 3. The van der Waals surface area contributed by atoms with Gasteiger partial charge in [0.1, 0.15) is 23.0 Å². The number of hydrogen-bond acceptors (Lipinski definition) is 12. The van der Waals surface area contributed by atoms with E-state index in [1.165, 1.54) is 11.8 Å². The molecule has 10 aromatic rings. The molecular weight excluding hydrogens is 1090 g/mol. The molecule has 2 heterocycles. The average Bonchev–Trinajstić information content (AvgIpc) is 3.39. The largest absolute Gasteiger partial charge is 0.497 e. The zero-order chi connectivity index (χ0) is 50.9. The molecule has 0 bridgehead atoms. The standard InChI is InChI=1S/C14H12O3S.2C14H10O2S.C7H5IO2.C7H8OS/c1-17-10-5-4-6-11(9-10)18-13-8-3-2-7-12(13)14(15)16;1-16-10-6-4-8-12-13(10)14(15)9-5-2-3-7-11(9)17-12;1-16-9-6-7-11-13(8-9)17-12-5-3-2-4-10(12)14(11)15;8-6-4-2-1-3-5(6)7(9)10;1-8-6-3-2-4-7(9)5-6/h2-9H,1H3,(H,15,16);2*2-8H,1H3;1-4H,(H,9,10);2-5,9H,1H3. The summed E-state index contributed by atoms with van der Waals surface area (Å²) >= 11 is 10.8. The minimum Gasteiger partial charge on any atom is -0.497 e. The maximum atomic E-state index is 12.4. The van der Waals surface area contributed by atoms with Crippen molar-refractivity contribution >= 4 is 122 Å². The highest BCUT2D eigenvalue weighted by Gasteiger charge is 2.12. The van der Waals surface area contributed by atoms with Gasteiger partial charge in [-0.3, -0.25) is 9.59 Å². The number of methoxy groups -OCH3 is 4. The Morgan fingerprint density at radius 1 is 0.493 bits per heavy atom. The van der Waals surface area contributed by atoms with E-state index in [0.29, 0.717) is 22.3 Å². The molecule has 0 aliphatic rings. The third kappa shape index (κ3) is 14.4. The second kappa shape index (κ2) is 26.4. The Morgan fingerprint density at radius 2 is 1.00 bits per heavy atom. The van der Waals surface area contributed by atoms with Crippen LogP contribution in [0.25, 0.3) is 40.3 Å². The van der Waals surface area contributed by atoms with Gasteiger partial charge in [0.2, 0.25) is 0 Å². The van der Waals surface area contributed by atoms with Gasteiger partial charge in [-0.05, 0) is 138 Å². The predicted molar refractivity (Wildman–Crippen MR) is 301 cm³/mol. The summed E-state index contributed by atoms with van der Waals surface area (Å²) in [6.45, 7) is 0. The number of halogens is 1. The van der Waals surface area contributed by atoms with Crippen molar-refractivity contribution in [1.29, 1.82) is 0 Å². The van der Waals surface area contributed by atoms with Gasteiger partial charge in [-0.25, -0.2) is 9.59 Å². The van der Waals surface area contributed by atoms with Crippen molar-refractivity contribution in [3.8, 4) is 23.0 Å². The van der Waals surface area contributed by atoms with Gasteiger partial charge in [0.25, 0.3) is 0 Å². The van der Waals surface area contributed by atoms with Crippen molar-refractivity contribution in [1.82, 2.24) is 0 Å². The molecule has 8 aromatic carbocycles. The number of aromatic carboxylic acids is 2. The van der Waals surface area contributed by atoms with Crippen LogP contribution in [0.1, 0.15) is 20.7 Å². The minimum absolute atomic E-state index is 0.0480. The molecule has 2 aromatic heterocycles. The van der Waals surface area contributed by atoms with Crippen LogP contribution < -0.4 is 29.8 Å². The van der Waals surface area contributed by atoms with E-state index in [1.807, 2.05) is 168 Å². The topological polar surface area (TPSA) is 146 Å². The molecule has 0 saturated carbocycles. The minimum atomic E-state index is -0.916. The molecule has 10 rings (SSSR count). The lowest BCUT2D eigenvalue weighted by Gasteiger charge is -2.06. The first-order valence-electron chi connectivity index (χ1n) is 21.3. The van der Waals surface area contributed by atoms with Crippen LogP contribution in [0.4, 0.5) is 0 Å². The summed E-state index contributed by atoms with van der Waals surface area (Å²) in [7, 11) is 6.47. The van der Waals surface area contributed by atoms with E-state index in [4.69, 9.17) is 29.2 Å². The molecule has 71 heavy (non-hydrogen) atoms. The molecule has 0 aliphatic carbocycles. The molecule has 0 radical (unpaired) electrons. The van der Waals surface area contributed by atoms with E-state index >= 15 is 0 Å². The normalized spacial score (nSPS) is 10.2. The van der Waals surface area contributed by atoms with Gasteiger partial charge in [-0.1, -0.05) is 78.5 Å². The lowest BCUT2D eigenvalue weighted by Crippen LogP contribution is -2.02. The summed E-state index contributed by atoms with van der Waals surface area (Å²) in [5, 5.41) is 20.7. The number of fused-ring (bicyclic) bond motifs is 4. The van der Waals surface area contributed by atoms with E-state index in [1.54, 1.807) is 87.5 Å². The Balaban J connectivity index is 0.000000149. The van der Waals surface area contributed by atoms with Gasteiger partial charge in [-0.2, -0.15) is 0 Å². The van der Waals surface area contributed by atoms with Crippen LogP contribution in [-0.4, -0.2) is 50.6 Å². The molecule has 0 unspecified atom stereocenters. The Labute approximate surface area is 440 Å². The van der Waals surface area contributed by atoms with Crippen molar-refractivity contribution < 1.29 is 38.7 Å². The van der Waals surface area contributed by atoms with Crippen LogP contribution >= 0.6 is 69.7 Å². The summed E-state index contributed by atoms with van der Waals surface area (Å²) in [4.78, 5) is 48.8. The first kappa shape index (κ1) is 53.5. The summed E-state index contributed by atoms with van der Waals surface area (Å²) in [6.07, 6.45) is 0. The van der Waals surface area contributed by atoms with Crippen molar-refractivity contribution in [2.45, 2.75) is 14.7 Å². The summed E-state index contributed by atoms with van der Waals surface area (Å²) < 4.78 is 25.3. The molecule has 0 spiro atoms. The van der Waals surface area contributed by atoms with Crippen molar-refractivity contribution in [2.75, 3.05) is 28.4 Å². The molecule has 0 atom stereocenters. The fraction of sp³-hybridized carbons (Fsp3) is 0.0714. The number of carboxylic acids is 2. The molecule has 0 amide bonds. The molecule has 2 N–H and O–H groups in total. The van der Waals surface area contributed by atoms with E-state index in [9.17, 15) is 19.2 Å². The molecule has 10 nitrogen and oxygen atoms in total. The Kier molecular flexibility index (Phi) is 19.8. The molecule has 360 valence electrons. The number of thiol groups is 1. The Morgan fingerprint density at radius 3 is 1.59 bits per heavy atom. The predicted octanol–water partition coefficient (Wildman–Crippen LogP) is 14.4. The maximum absolute atomic E-state index is 12.4. The zero-order valence-corrected chi connectivity index (χ0v) is 44.0. The van der Waals surface area contributed by atoms with Crippen LogP contribution in [-0.2, 0) is 0 Å². The van der Waals surface area contributed by atoms with Gasteiger partial charge < -0.3 is 29.2 Å². The lowest BCUT2D eigenvalue weighted by molar-refractivity contribution is 0.0683. The summed E-state index contributed by atoms with van der Waals surface area (Å²) in [5.41, 5.74) is 0.817. The second-order valence-corrected chi connectivity index (χ2v) is 19.6. The lowest BCUT2D eigenvalue weighted by atomic mass is 10.1. The van der Waals surface area contributed by atoms with Crippen LogP contribution in [0.2, 0.25) is 0 Å². The fourth-order valence-corrected chi connectivity index (χ4v) is 10.7. The molecular formula is C56H45IO10S4. The zero-order valence-electron chi connectivity index (χ0n) is 38.5. The maximum Gasteiger partial charge on any atom is 0.336 e. The molecule has 15 heteroatoms. The Hall–Kier alpha value is -6.89. The van der Waals surface area contributed by atoms with E-state index in [0.717, 1.165) is 70.5 Å². The first-order chi connectivity index (χ1) is 34.3. The quantitative estimate of drug-likeness (QED) is 0.0759. The van der Waals surface area contributed by atoms with Gasteiger partial charge in [-0.15, -0.1) is 35.3 Å². The average molecular weight is 1130 g/mol. The first-order valence-corrected chi connectivity index (χ1v) is 25.3. The molecule has 0 fully saturated rings. The number of carbonyl (C=O) groups is 2. The Bertz CT molecular complexity index is 3560. The van der Waals surface area contributed by atoms with Crippen LogP contribution in [0.5, 0.6) is 23.0 Å². The smallest absolute Gasteiger partial charge is 0.336 e. The summed E-state index contributed by atoms with van der Waals surface area (Å²) in [6, 6.07) is 55.5. The number of carboxylic acid groups (broad SMARTS) is 2. The van der Waals surface area contributed by atoms with E-state index in [-0.39, 0.29) is 10.9 Å². The molecule has 0 saturated heterocycles. The third-order valence-corrected chi connectivity index (χ3v) is 14.7. The van der Waals surface area contributed by atoms with Crippen molar-refractivity contribution in [3.05, 3.63) is 217 Å². The number of ether oxygens (including phenoxy) is 4. The monoisotopic (exact) mass is 1130 g/mol. The van der Waals surface area contributed by atoms with Gasteiger partial charge in [0.15, 0.2) is 10.9 Å². The number of rotatable bonds is 8. The third-order valence-electron chi connectivity index (χ3n) is 10.1. The van der Waals surface area contributed by atoms with Crippen LogP contribution in [0.15, 0.2) is 206 Å². The highest BCUT2D eigenvalue weighted by molar-refractivity contribution is 14.1.